The van der Waals surface area contributed by atoms with Crippen LogP contribution in [-0.2, 0) is 10.0 Å². The Hall–Kier alpha value is -1.49. The number of carbonyl (C=O) groups is 1. The van der Waals surface area contributed by atoms with Crippen LogP contribution in [0.3, 0.4) is 0 Å². The fraction of sp³-hybridized carbons (Fsp3) is 0.462. The fourth-order valence-electron chi connectivity index (χ4n) is 1.60. The number of methoxy groups -OCH3 is 1. The lowest BCUT2D eigenvalue weighted by Crippen LogP contribution is -2.41. The summed E-state index contributed by atoms with van der Waals surface area (Å²) in [6, 6.07) is 3.64. The Morgan fingerprint density at radius 2 is 1.96 bits per heavy atom. The quantitative estimate of drug-likeness (QED) is 0.716. The number of halogens is 3. The van der Waals surface area contributed by atoms with E-state index in [1.54, 1.807) is 0 Å². The monoisotopic (exact) mass is 387 g/mol. The van der Waals surface area contributed by atoms with Crippen LogP contribution in [0.25, 0.3) is 0 Å². The molecule has 0 atom stereocenters. The molecule has 0 radical (unpaired) electrons. The largest absolute Gasteiger partial charge is 0.495 e. The van der Waals surface area contributed by atoms with Gasteiger partial charge in [-0.2, -0.15) is 0 Å². The van der Waals surface area contributed by atoms with E-state index in [-0.39, 0.29) is 28.6 Å². The first-order chi connectivity index (χ1) is 10.5. The zero-order valence-corrected chi connectivity index (χ0v) is 15.0. The van der Waals surface area contributed by atoms with Gasteiger partial charge in [0.2, 0.25) is 10.0 Å². The van der Waals surface area contributed by atoms with Crippen molar-refractivity contribution in [3.8, 4) is 5.75 Å². The molecule has 0 spiro atoms. The van der Waals surface area contributed by atoms with Crippen LogP contribution < -0.4 is 15.8 Å². The van der Waals surface area contributed by atoms with E-state index in [2.05, 4.69) is 0 Å². The Bertz CT molecular complexity index is 684. The molecule has 1 amide bonds. The molecule has 3 N–H and O–H groups in total. The van der Waals surface area contributed by atoms with Crippen LogP contribution in [0.1, 0.15) is 10.4 Å². The number of sulfonamides is 1. The van der Waals surface area contributed by atoms with Gasteiger partial charge in [0.05, 0.1) is 20.2 Å². The first-order valence-corrected chi connectivity index (χ1v) is 7.96. The van der Waals surface area contributed by atoms with Crippen LogP contribution in [0.2, 0.25) is 0 Å². The molecule has 0 aromatic heterocycles. The minimum absolute atomic E-state index is 0. The minimum Gasteiger partial charge on any atom is -0.495 e. The third-order valence-electron chi connectivity index (χ3n) is 2.99. The number of nitrogens with two attached hydrogens (primary N) is 1. The van der Waals surface area contributed by atoms with Gasteiger partial charge in [-0.15, -0.1) is 12.4 Å². The molecule has 0 saturated heterocycles. The van der Waals surface area contributed by atoms with E-state index in [9.17, 15) is 22.0 Å². The van der Waals surface area contributed by atoms with Crippen molar-refractivity contribution in [3.63, 3.8) is 0 Å². The molecule has 0 fully saturated rings. The Morgan fingerprint density at radius 1 is 1.38 bits per heavy atom. The third-order valence-corrected chi connectivity index (χ3v) is 4.83. The maximum atomic E-state index is 13.1. The van der Waals surface area contributed by atoms with E-state index in [0.717, 1.165) is 10.4 Å². The van der Waals surface area contributed by atoms with Crippen molar-refractivity contribution in [3.05, 3.63) is 23.8 Å². The van der Waals surface area contributed by atoms with E-state index in [4.69, 9.17) is 10.5 Å². The number of amides is 1. The second-order valence-electron chi connectivity index (χ2n) is 4.90. The number of rotatable bonds is 7. The normalized spacial score (nSPS) is 11.8. The topological polar surface area (TPSA) is 102 Å². The summed E-state index contributed by atoms with van der Waals surface area (Å²) in [5, 5.41) is 2.02. The zero-order chi connectivity index (χ0) is 17.8. The van der Waals surface area contributed by atoms with Gasteiger partial charge in [-0.25, -0.2) is 21.5 Å². The van der Waals surface area contributed by atoms with Gasteiger partial charge in [-0.3, -0.25) is 4.79 Å². The lowest BCUT2D eigenvalue weighted by Gasteiger charge is -2.17. The predicted octanol–water partition coefficient (Wildman–Crippen LogP) is 0.691. The lowest BCUT2D eigenvalue weighted by atomic mass is 10.2. The summed E-state index contributed by atoms with van der Waals surface area (Å²) >= 11 is 0. The van der Waals surface area contributed by atoms with Crippen LogP contribution in [-0.4, -0.2) is 58.8 Å². The van der Waals surface area contributed by atoms with Crippen molar-refractivity contribution in [1.82, 2.24) is 9.62 Å². The molecule has 138 valence electrons. The maximum absolute atomic E-state index is 13.1. The molecule has 0 saturated carbocycles. The SMILES string of the molecule is COc1ccc(C(=O)NCC(F)(F)CN)cc1S(=O)(=O)N(C)C.Cl. The highest BCUT2D eigenvalue weighted by Crippen LogP contribution is 2.26. The Morgan fingerprint density at radius 3 is 2.42 bits per heavy atom. The number of nitrogens with zero attached hydrogens (tertiary/aromatic N) is 1. The molecule has 24 heavy (non-hydrogen) atoms. The number of hydrogen-bond donors (Lipinski definition) is 2. The van der Waals surface area contributed by atoms with Gasteiger partial charge < -0.3 is 15.8 Å². The van der Waals surface area contributed by atoms with Gasteiger partial charge >= 0.3 is 0 Å². The average molecular weight is 388 g/mol. The summed E-state index contributed by atoms with van der Waals surface area (Å²) in [4.78, 5) is 11.7. The summed E-state index contributed by atoms with van der Waals surface area (Å²) in [6.07, 6.45) is 0. The van der Waals surface area contributed by atoms with Gasteiger partial charge in [0.1, 0.15) is 10.6 Å². The number of nitrogens with one attached hydrogen (secondary N) is 1. The highest BCUT2D eigenvalue weighted by atomic mass is 35.5. The summed E-state index contributed by atoms with van der Waals surface area (Å²) in [5.74, 6) is -4.03. The fourth-order valence-corrected chi connectivity index (χ4v) is 2.67. The molecule has 0 heterocycles. The Labute approximate surface area is 145 Å². The van der Waals surface area contributed by atoms with Crippen molar-refractivity contribution < 1.29 is 26.7 Å². The zero-order valence-electron chi connectivity index (χ0n) is 13.4. The molecule has 1 rings (SSSR count). The van der Waals surface area contributed by atoms with Gasteiger partial charge in [0, 0.05) is 19.7 Å². The Balaban J connectivity index is 0.00000529. The van der Waals surface area contributed by atoms with Crippen LogP contribution in [0.5, 0.6) is 5.75 Å². The molecule has 0 aliphatic rings. The lowest BCUT2D eigenvalue weighted by molar-refractivity contribution is 0.0118. The molecular weight excluding hydrogens is 368 g/mol. The molecule has 7 nitrogen and oxygen atoms in total. The summed E-state index contributed by atoms with van der Waals surface area (Å²) < 4.78 is 56.5. The summed E-state index contributed by atoms with van der Waals surface area (Å²) in [6.45, 7) is -1.85. The first-order valence-electron chi connectivity index (χ1n) is 6.52. The standard InChI is InChI=1S/C13H19F2N3O4S.ClH/c1-18(2)23(20,21)11-6-9(4-5-10(11)22-3)12(19)17-8-13(14,15)7-16;/h4-6H,7-8,16H2,1-3H3,(H,17,19);1H. The number of carbonyl (C=O) groups excluding carboxylic acids is 1. The predicted molar refractivity (Wildman–Crippen MR) is 87.4 cm³/mol. The first kappa shape index (κ1) is 22.5. The molecule has 0 unspecified atom stereocenters. The van der Waals surface area contributed by atoms with Crippen molar-refractivity contribution in [1.29, 1.82) is 0 Å². The number of benzene rings is 1. The third kappa shape index (κ3) is 5.26. The maximum Gasteiger partial charge on any atom is 0.277 e. The summed E-state index contributed by atoms with van der Waals surface area (Å²) in [7, 11) is 0.0653. The second-order valence-corrected chi connectivity index (χ2v) is 7.02. The molecule has 11 heteroatoms. The number of alkyl halides is 2. The molecule has 0 aliphatic heterocycles. The second kappa shape index (κ2) is 8.56. The number of ether oxygens (including phenoxy) is 1. The average Bonchev–Trinajstić information content (AvgIpc) is 2.51. The van der Waals surface area contributed by atoms with Crippen molar-refractivity contribution in [2.45, 2.75) is 10.8 Å². The van der Waals surface area contributed by atoms with Crippen molar-refractivity contribution in [2.75, 3.05) is 34.3 Å². The highest BCUT2D eigenvalue weighted by molar-refractivity contribution is 7.89. The Kier molecular flexibility index (Phi) is 8.03. The van der Waals surface area contributed by atoms with E-state index in [0.29, 0.717) is 0 Å². The van der Waals surface area contributed by atoms with Gasteiger partial charge in [-0.05, 0) is 18.2 Å². The van der Waals surface area contributed by atoms with E-state index in [1.807, 2.05) is 5.32 Å². The van der Waals surface area contributed by atoms with Crippen LogP contribution in [0.15, 0.2) is 23.1 Å². The van der Waals surface area contributed by atoms with Crippen molar-refractivity contribution >= 4 is 28.3 Å². The highest BCUT2D eigenvalue weighted by Gasteiger charge is 2.28. The van der Waals surface area contributed by atoms with Gasteiger partial charge in [0.25, 0.3) is 11.8 Å². The van der Waals surface area contributed by atoms with E-state index >= 15 is 0 Å². The van der Waals surface area contributed by atoms with E-state index in [1.165, 1.54) is 33.3 Å². The van der Waals surface area contributed by atoms with Gasteiger partial charge in [0.15, 0.2) is 0 Å². The van der Waals surface area contributed by atoms with E-state index < -0.39 is 34.9 Å². The smallest absolute Gasteiger partial charge is 0.277 e. The van der Waals surface area contributed by atoms with Gasteiger partial charge in [-0.1, -0.05) is 0 Å². The molecule has 0 aliphatic carbocycles. The number of hydrogen-bond acceptors (Lipinski definition) is 5. The summed E-state index contributed by atoms with van der Waals surface area (Å²) in [5.41, 5.74) is 4.80. The van der Waals surface area contributed by atoms with Crippen LogP contribution >= 0.6 is 12.4 Å². The van der Waals surface area contributed by atoms with Crippen LogP contribution in [0, 0.1) is 0 Å². The van der Waals surface area contributed by atoms with Crippen molar-refractivity contribution in [2.24, 2.45) is 5.73 Å². The molecule has 0 bridgehead atoms. The molecule has 1 aromatic carbocycles. The minimum atomic E-state index is -3.86. The molecule has 1 aromatic rings. The molecular formula is C13H20ClF2N3O4S. The van der Waals surface area contributed by atoms with Crippen LogP contribution in [0.4, 0.5) is 8.78 Å².